The van der Waals surface area contributed by atoms with Gasteiger partial charge in [-0.1, -0.05) is 6.42 Å². The van der Waals surface area contributed by atoms with Crippen LogP contribution >= 0.6 is 11.6 Å². The molecule has 1 aliphatic carbocycles. The van der Waals surface area contributed by atoms with Crippen molar-refractivity contribution < 1.29 is 9.53 Å². The molecule has 1 amide bonds. The van der Waals surface area contributed by atoms with Crippen LogP contribution in [0.3, 0.4) is 0 Å². The molecular weight excluding hydrogens is 226 g/mol. The summed E-state index contributed by atoms with van der Waals surface area (Å²) in [4.78, 5) is 13.8. The standard InChI is InChI=1S/C12H20ClNO2/c1-9(13)11(15)14-6-10-4-3-5-12(10,7-14)8-16-2/h9-10H,3-8H2,1-2H3/t9-,10-,12+/m0/s1. The first-order valence-corrected chi connectivity index (χ1v) is 6.44. The van der Waals surface area contributed by atoms with E-state index in [-0.39, 0.29) is 11.3 Å². The minimum absolute atomic E-state index is 0.0755. The summed E-state index contributed by atoms with van der Waals surface area (Å²) in [6.07, 6.45) is 3.68. The zero-order valence-corrected chi connectivity index (χ0v) is 10.8. The molecule has 1 aliphatic heterocycles. The number of carbonyl (C=O) groups is 1. The minimum Gasteiger partial charge on any atom is -0.384 e. The molecule has 0 N–H and O–H groups in total. The largest absolute Gasteiger partial charge is 0.384 e. The number of hydrogen-bond donors (Lipinski definition) is 0. The van der Waals surface area contributed by atoms with E-state index in [1.807, 2.05) is 4.90 Å². The Labute approximate surface area is 102 Å². The van der Waals surface area contributed by atoms with Gasteiger partial charge < -0.3 is 9.64 Å². The Morgan fingerprint density at radius 2 is 2.44 bits per heavy atom. The van der Waals surface area contributed by atoms with Crippen LogP contribution in [-0.2, 0) is 9.53 Å². The smallest absolute Gasteiger partial charge is 0.240 e. The number of ether oxygens (including phenoxy) is 1. The van der Waals surface area contributed by atoms with Gasteiger partial charge >= 0.3 is 0 Å². The monoisotopic (exact) mass is 245 g/mol. The first kappa shape index (κ1) is 12.2. The number of halogens is 1. The van der Waals surface area contributed by atoms with Gasteiger partial charge in [0.2, 0.25) is 5.91 Å². The van der Waals surface area contributed by atoms with Crippen LogP contribution in [0.25, 0.3) is 0 Å². The van der Waals surface area contributed by atoms with Gasteiger partial charge in [-0.3, -0.25) is 4.79 Å². The summed E-state index contributed by atoms with van der Waals surface area (Å²) < 4.78 is 5.35. The summed E-state index contributed by atoms with van der Waals surface area (Å²) in [6.45, 7) is 4.24. The third-order valence-electron chi connectivity index (χ3n) is 4.12. The van der Waals surface area contributed by atoms with Crippen molar-refractivity contribution in [1.82, 2.24) is 4.90 Å². The Kier molecular flexibility index (Phi) is 3.45. The van der Waals surface area contributed by atoms with Crippen molar-refractivity contribution in [2.75, 3.05) is 26.8 Å². The highest BCUT2D eigenvalue weighted by Crippen LogP contribution is 2.48. The maximum Gasteiger partial charge on any atom is 0.240 e. The first-order chi connectivity index (χ1) is 7.59. The van der Waals surface area contributed by atoms with Gasteiger partial charge in [-0.15, -0.1) is 11.6 Å². The van der Waals surface area contributed by atoms with E-state index >= 15 is 0 Å². The van der Waals surface area contributed by atoms with Crippen molar-refractivity contribution in [2.45, 2.75) is 31.6 Å². The van der Waals surface area contributed by atoms with E-state index in [1.165, 1.54) is 19.3 Å². The van der Waals surface area contributed by atoms with Gasteiger partial charge in [0.1, 0.15) is 5.38 Å². The lowest BCUT2D eigenvalue weighted by Crippen LogP contribution is -2.37. The molecule has 0 unspecified atom stereocenters. The van der Waals surface area contributed by atoms with E-state index in [4.69, 9.17) is 16.3 Å². The summed E-state index contributed by atoms with van der Waals surface area (Å²) >= 11 is 5.86. The Balaban J connectivity index is 2.07. The van der Waals surface area contributed by atoms with E-state index in [9.17, 15) is 4.79 Å². The maximum absolute atomic E-state index is 11.9. The Bertz CT molecular complexity index is 282. The summed E-state index contributed by atoms with van der Waals surface area (Å²) in [7, 11) is 1.75. The lowest BCUT2D eigenvalue weighted by molar-refractivity contribution is -0.130. The lowest BCUT2D eigenvalue weighted by atomic mass is 9.82. The van der Waals surface area contributed by atoms with E-state index in [0.717, 1.165) is 19.7 Å². The minimum atomic E-state index is -0.404. The SMILES string of the molecule is COC[C@]12CCC[C@H]1CN(C(=O)[C@H](C)Cl)C2. The fourth-order valence-corrected chi connectivity index (χ4v) is 3.50. The molecular formula is C12H20ClNO2. The number of carbonyl (C=O) groups excluding carboxylic acids is 1. The molecule has 1 saturated carbocycles. The van der Waals surface area contributed by atoms with Crippen LogP contribution < -0.4 is 0 Å². The van der Waals surface area contributed by atoms with Gasteiger partial charge in [0, 0.05) is 25.6 Å². The van der Waals surface area contributed by atoms with Crippen molar-refractivity contribution in [3.8, 4) is 0 Å². The Hall–Kier alpha value is -0.280. The van der Waals surface area contributed by atoms with E-state index in [1.54, 1.807) is 14.0 Å². The van der Waals surface area contributed by atoms with Crippen LogP contribution in [-0.4, -0.2) is 43.0 Å². The van der Waals surface area contributed by atoms with Crippen LogP contribution in [0.1, 0.15) is 26.2 Å². The van der Waals surface area contributed by atoms with Crippen LogP contribution in [0.4, 0.5) is 0 Å². The highest BCUT2D eigenvalue weighted by Gasteiger charge is 2.50. The van der Waals surface area contributed by atoms with Crippen molar-refractivity contribution in [3.63, 3.8) is 0 Å². The molecule has 0 radical (unpaired) electrons. The average Bonchev–Trinajstić information content (AvgIpc) is 2.73. The van der Waals surface area contributed by atoms with Crippen LogP contribution in [0, 0.1) is 11.3 Å². The van der Waals surface area contributed by atoms with Gasteiger partial charge in [-0.2, -0.15) is 0 Å². The van der Waals surface area contributed by atoms with E-state index in [2.05, 4.69) is 0 Å². The number of rotatable bonds is 3. The molecule has 2 aliphatic rings. The van der Waals surface area contributed by atoms with Gasteiger partial charge in [-0.25, -0.2) is 0 Å². The molecule has 0 aromatic heterocycles. The average molecular weight is 246 g/mol. The van der Waals surface area contributed by atoms with Crippen LogP contribution in [0.5, 0.6) is 0 Å². The Morgan fingerprint density at radius 1 is 1.69 bits per heavy atom. The summed E-state index contributed by atoms with van der Waals surface area (Å²) in [6, 6.07) is 0. The zero-order chi connectivity index (χ0) is 11.8. The molecule has 1 heterocycles. The van der Waals surface area contributed by atoms with Crippen molar-refractivity contribution in [3.05, 3.63) is 0 Å². The number of fused-ring (bicyclic) bond motifs is 1. The summed E-state index contributed by atoms with van der Waals surface area (Å²) in [5, 5.41) is -0.404. The normalized spacial score (nSPS) is 35.2. The Morgan fingerprint density at radius 3 is 3.06 bits per heavy atom. The molecule has 16 heavy (non-hydrogen) atoms. The predicted molar refractivity (Wildman–Crippen MR) is 63.5 cm³/mol. The van der Waals surface area contributed by atoms with E-state index in [0.29, 0.717) is 5.92 Å². The lowest BCUT2D eigenvalue weighted by Gasteiger charge is -2.27. The number of likely N-dealkylation sites (tertiary alicyclic amines) is 1. The second kappa shape index (κ2) is 4.53. The molecule has 0 spiro atoms. The molecule has 0 aromatic carbocycles. The van der Waals surface area contributed by atoms with Gasteiger partial charge in [-0.05, 0) is 25.7 Å². The maximum atomic E-state index is 11.9. The topological polar surface area (TPSA) is 29.5 Å². The second-order valence-electron chi connectivity index (χ2n) is 5.22. The number of alkyl halides is 1. The molecule has 1 saturated heterocycles. The molecule has 0 aromatic rings. The molecule has 2 rings (SSSR count). The highest BCUT2D eigenvalue weighted by molar-refractivity contribution is 6.30. The number of hydrogen-bond acceptors (Lipinski definition) is 2. The van der Waals surface area contributed by atoms with Crippen molar-refractivity contribution in [1.29, 1.82) is 0 Å². The fraction of sp³-hybridized carbons (Fsp3) is 0.917. The quantitative estimate of drug-likeness (QED) is 0.711. The van der Waals surface area contributed by atoms with Crippen molar-refractivity contribution in [2.24, 2.45) is 11.3 Å². The van der Waals surface area contributed by atoms with Crippen LogP contribution in [0.15, 0.2) is 0 Å². The van der Waals surface area contributed by atoms with Gasteiger partial charge in [0.25, 0.3) is 0 Å². The number of nitrogens with zero attached hydrogens (tertiary/aromatic N) is 1. The predicted octanol–water partition coefficient (Wildman–Crippen LogP) is 1.89. The molecule has 3 nitrogen and oxygen atoms in total. The van der Waals surface area contributed by atoms with Crippen LogP contribution in [0.2, 0.25) is 0 Å². The highest BCUT2D eigenvalue weighted by atomic mass is 35.5. The molecule has 92 valence electrons. The van der Waals surface area contributed by atoms with Crippen molar-refractivity contribution >= 4 is 17.5 Å². The fourth-order valence-electron chi connectivity index (χ4n) is 3.36. The van der Waals surface area contributed by atoms with Gasteiger partial charge in [0.05, 0.1) is 6.61 Å². The molecule has 2 fully saturated rings. The summed E-state index contributed by atoms with van der Waals surface area (Å²) in [5.41, 5.74) is 0.218. The molecule has 0 bridgehead atoms. The third-order valence-corrected chi connectivity index (χ3v) is 4.31. The second-order valence-corrected chi connectivity index (χ2v) is 5.87. The number of methoxy groups -OCH3 is 1. The molecule has 3 atom stereocenters. The third kappa shape index (κ3) is 1.95. The summed E-state index contributed by atoms with van der Waals surface area (Å²) in [5.74, 6) is 0.693. The zero-order valence-electron chi connectivity index (χ0n) is 10.0. The van der Waals surface area contributed by atoms with E-state index < -0.39 is 5.38 Å². The van der Waals surface area contributed by atoms with Gasteiger partial charge in [0.15, 0.2) is 0 Å². The molecule has 4 heteroatoms. The first-order valence-electron chi connectivity index (χ1n) is 6.01. The number of amides is 1.